The molecular weight excluding hydrogens is 268 g/mol. The number of carbonyl (C=O) groups excluding carboxylic acids is 2. The van der Waals surface area contributed by atoms with Crippen LogP contribution >= 0.6 is 0 Å². The molecule has 4 heteroatoms. The SMILES string of the molecule is CCC(C)OC.CCC=O.COc1ccccc1CC=O. The highest BCUT2D eigenvalue weighted by Crippen LogP contribution is 2.16. The van der Waals surface area contributed by atoms with E-state index >= 15 is 0 Å². The largest absolute Gasteiger partial charge is 0.496 e. The van der Waals surface area contributed by atoms with Crippen LogP contribution in [0.1, 0.15) is 39.2 Å². The topological polar surface area (TPSA) is 52.6 Å². The first-order chi connectivity index (χ1) is 10.1. The van der Waals surface area contributed by atoms with Gasteiger partial charge in [-0.05, 0) is 19.4 Å². The van der Waals surface area contributed by atoms with Crippen LogP contribution in [0.3, 0.4) is 0 Å². The minimum Gasteiger partial charge on any atom is -0.496 e. The van der Waals surface area contributed by atoms with Gasteiger partial charge in [0.05, 0.1) is 13.2 Å². The Morgan fingerprint density at radius 2 is 1.67 bits per heavy atom. The maximum atomic E-state index is 10.2. The lowest BCUT2D eigenvalue weighted by Crippen LogP contribution is -2.00. The molecule has 0 aliphatic carbocycles. The second-order valence-electron chi connectivity index (χ2n) is 4.21. The Bertz CT molecular complexity index is 360. The van der Waals surface area contributed by atoms with E-state index in [1.165, 1.54) is 0 Å². The molecule has 0 heterocycles. The molecule has 0 aliphatic heterocycles. The zero-order valence-corrected chi connectivity index (χ0v) is 13.8. The summed E-state index contributed by atoms with van der Waals surface area (Å²) in [6.07, 6.45) is 4.35. The van der Waals surface area contributed by atoms with Crippen LogP contribution in [-0.4, -0.2) is 32.9 Å². The van der Waals surface area contributed by atoms with Gasteiger partial charge >= 0.3 is 0 Å². The van der Waals surface area contributed by atoms with Crippen molar-refractivity contribution in [1.29, 1.82) is 0 Å². The number of carbonyl (C=O) groups is 2. The highest BCUT2D eigenvalue weighted by atomic mass is 16.5. The summed E-state index contributed by atoms with van der Waals surface area (Å²) in [5.41, 5.74) is 0.935. The fourth-order valence-electron chi connectivity index (χ4n) is 1.13. The molecule has 0 aromatic heterocycles. The molecule has 1 aromatic rings. The van der Waals surface area contributed by atoms with Crippen molar-refractivity contribution in [3.05, 3.63) is 29.8 Å². The van der Waals surface area contributed by atoms with Crippen LogP contribution in [0.15, 0.2) is 24.3 Å². The maximum Gasteiger partial charge on any atom is 0.124 e. The van der Waals surface area contributed by atoms with Crippen LogP contribution in [0.4, 0.5) is 0 Å². The first-order valence-electron chi connectivity index (χ1n) is 7.12. The van der Waals surface area contributed by atoms with Crippen molar-refractivity contribution < 1.29 is 19.1 Å². The molecule has 0 aliphatic rings. The molecule has 0 amide bonds. The molecule has 0 spiro atoms. The first-order valence-corrected chi connectivity index (χ1v) is 7.12. The molecule has 0 N–H and O–H groups in total. The Morgan fingerprint density at radius 1 is 1.10 bits per heavy atom. The number of para-hydroxylation sites is 1. The monoisotopic (exact) mass is 296 g/mol. The third kappa shape index (κ3) is 13.1. The second kappa shape index (κ2) is 16.4. The van der Waals surface area contributed by atoms with Crippen molar-refractivity contribution in [3.8, 4) is 5.75 Å². The Morgan fingerprint density at radius 3 is 2.00 bits per heavy atom. The minimum atomic E-state index is 0.421. The lowest BCUT2D eigenvalue weighted by atomic mass is 10.1. The number of aldehydes is 2. The lowest BCUT2D eigenvalue weighted by Gasteiger charge is -2.03. The average molecular weight is 296 g/mol. The molecule has 1 aromatic carbocycles. The summed E-state index contributed by atoms with van der Waals surface area (Å²) >= 11 is 0. The summed E-state index contributed by atoms with van der Waals surface area (Å²) < 4.78 is 9.94. The summed E-state index contributed by atoms with van der Waals surface area (Å²) in [6.45, 7) is 5.97. The summed E-state index contributed by atoms with van der Waals surface area (Å²) in [5.74, 6) is 0.777. The number of hydrogen-bond acceptors (Lipinski definition) is 4. The maximum absolute atomic E-state index is 10.2. The van der Waals surface area contributed by atoms with E-state index in [9.17, 15) is 9.59 Å². The van der Waals surface area contributed by atoms with Gasteiger partial charge in [-0.25, -0.2) is 0 Å². The van der Waals surface area contributed by atoms with Gasteiger partial charge in [-0.3, -0.25) is 0 Å². The summed E-state index contributed by atoms with van der Waals surface area (Å²) in [4.78, 5) is 19.4. The highest BCUT2D eigenvalue weighted by Gasteiger charge is 1.98. The van der Waals surface area contributed by atoms with E-state index in [0.29, 0.717) is 18.9 Å². The van der Waals surface area contributed by atoms with E-state index in [-0.39, 0.29) is 0 Å². The van der Waals surface area contributed by atoms with E-state index in [4.69, 9.17) is 9.47 Å². The van der Waals surface area contributed by atoms with E-state index in [2.05, 4.69) is 13.8 Å². The van der Waals surface area contributed by atoms with Crippen molar-refractivity contribution in [1.82, 2.24) is 0 Å². The van der Waals surface area contributed by atoms with Crippen LogP contribution in [0.5, 0.6) is 5.75 Å². The molecule has 1 rings (SSSR count). The molecule has 0 fully saturated rings. The van der Waals surface area contributed by atoms with Crippen molar-refractivity contribution >= 4 is 12.6 Å². The number of methoxy groups -OCH3 is 2. The van der Waals surface area contributed by atoms with Crippen molar-refractivity contribution in [2.45, 2.75) is 46.1 Å². The third-order valence-corrected chi connectivity index (χ3v) is 2.64. The Kier molecular flexibility index (Phi) is 16.9. The van der Waals surface area contributed by atoms with Gasteiger partial charge in [0.1, 0.15) is 18.3 Å². The standard InChI is InChI=1S/C9H10O2.C5H12O.C3H6O/c1-11-9-5-3-2-4-8(9)6-7-10;1-4-5(2)6-3;1-2-3-4/h2-5,7H,6H2,1H3;5H,4H2,1-3H3;3H,2H2,1H3. The number of benzene rings is 1. The van der Waals surface area contributed by atoms with Crippen molar-refractivity contribution in [2.24, 2.45) is 0 Å². The predicted octanol–water partition coefficient (Wildman–Crippen LogP) is 3.46. The van der Waals surface area contributed by atoms with E-state index in [1.54, 1.807) is 14.2 Å². The Hall–Kier alpha value is -1.68. The fourth-order valence-corrected chi connectivity index (χ4v) is 1.13. The van der Waals surface area contributed by atoms with Gasteiger partial charge in [0, 0.05) is 25.5 Å². The van der Waals surface area contributed by atoms with Crippen LogP contribution in [0.25, 0.3) is 0 Å². The highest BCUT2D eigenvalue weighted by molar-refractivity contribution is 5.57. The molecule has 0 bridgehead atoms. The molecular formula is C17H28O4. The Labute approximate surface area is 128 Å². The van der Waals surface area contributed by atoms with Crippen molar-refractivity contribution in [3.63, 3.8) is 0 Å². The molecule has 0 saturated heterocycles. The van der Waals surface area contributed by atoms with Crippen LogP contribution in [0, 0.1) is 0 Å². The summed E-state index contributed by atoms with van der Waals surface area (Å²) in [5, 5.41) is 0. The van der Waals surface area contributed by atoms with Gasteiger partial charge in [0.2, 0.25) is 0 Å². The van der Waals surface area contributed by atoms with Crippen LogP contribution < -0.4 is 4.74 Å². The third-order valence-electron chi connectivity index (χ3n) is 2.64. The predicted molar refractivity (Wildman–Crippen MR) is 85.9 cm³/mol. The van der Waals surface area contributed by atoms with Gasteiger partial charge in [0.25, 0.3) is 0 Å². The van der Waals surface area contributed by atoms with Crippen LogP contribution in [0.2, 0.25) is 0 Å². The zero-order chi connectivity index (χ0) is 16.5. The van der Waals surface area contributed by atoms with Gasteiger partial charge in [-0.1, -0.05) is 32.0 Å². The molecule has 0 saturated carbocycles. The van der Waals surface area contributed by atoms with Crippen molar-refractivity contribution in [2.75, 3.05) is 14.2 Å². The van der Waals surface area contributed by atoms with Crippen LogP contribution in [-0.2, 0) is 20.7 Å². The number of rotatable bonds is 6. The van der Waals surface area contributed by atoms with Gasteiger partial charge < -0.3 is 19.1 Å². The lowest BCUT2D eigenvalue weighted by molar-refractivity contribution is -0.108. The van der Waals surface area contributed by atoms with Gasteiger partial charge in [-0.15, -0.1) is 0 Å². The number of hydrogen-bond donors (Lipinski definition) is 0. The molecule has 21 heavy (non-hydrogen) atoms. The van der Waals surface area contributed by atoms with E-state index in [1.807, 2.05) is 31.2 Å². The Balaban J connectivity index is 0. The van der Waals surface area contributed by atoms with Gasteiger partial charge in [-0.2, -0.15) is 0 Å². The minimum absolute atomic E-state index is 0.421. The smallest absolute Gasteiger partial charge is 0.124 e. The average Bonchev–Trinajstić information content (AvgIpc) is 2.55. The quantitative estimate of drug-likeness (QED) is 0.754. The van der Waals surface area contributed by atoms with E-state index in [0.717, 1.165) is 30.3 Å². The summed E-state index contributed by atoms with van der Waals surface area (Å²) in [6, 6.07) is 7.50. The molecule has 0 radical (unpaired) electrons. The molecule has 1 atom stereocenters. The first kappa shape index (κ1) is 21.6. The second-order valence-corrected chi connectivity index (χ2v) is 4.21. The number of ether oxygens (including phenoxy) is 2. The normalized spacial score (nSPS) is 10.1. The molecule has 4 nitrogen and oxygen atoms in total. The molecule has 1 unspecified atom stereocenters. The fraction of sp³-hybridized carbons (Fsp3) is 0.529. The van der Waals surface area contributed by atoms with Gasteiger partial charge in [0.15, 0.2) is 0 Å². The molecule has 120 valence electrons. The zero-order valence-electron chi connectivity index (χ0n) is 13.8. The summed E-state index contributed by atoms with van der Waals surface area (Å²) in [7, 11) is 3.33. The van der Waals surface area contributed by atoms with E-state index < -0.39 is 0 Å².